The van der Waals surface area contributed by atoms with Gasteiger partial charge in [-0.15, -0.1) is 0 Å². The molecule has 0 aromatic rings. The minimum Gasteiger partial charge on any atom is -0.395 e. The lowest BCUT2D eigenvalue weighted by molar-refractivity contribution is 0.237. The topological polar surface area (TPSA) is 49.5 Å². The van der Waals surface area contributed by atoms with Crippen LogP contribution in [0.3, 0.4) is 0 Å². The van der Waals surface area contributed by atoms with Gasteiger partial charge < -0.3 is 15.7 Å². The number of nitrogens with zero attached hydrogens (tertiary/aromatic N) is 1. The van der Waals surface area contributed by atoms with Crippen LogP contribution in [0.1, 0.15) is 26.7 Å². The summed E-state index contributed by atoms with van der Waals surface area (Å²) in [5.74, 6) is 0. The van der Waals surface area contributed by atoms with Crippen molar-refractivity contribution in [2.75, 3.05) is 20.2 Å². The van der Waals surface area contributed by atoms with Crippen LogP contribution in [-0.4, -0.2) is 42.3 Å². The number of rotatable bonds is 6. The molecule has 12 heavy (non-hydrogen) atoms. The average molecular weight is 174 g/mol. The number of aliphatic hydroxyl groups excluding tert-OH is 1. The normalized spacial score (nSPS) is 14.2. The van der Waals surface area contributed by atoms with E-state index < -0.39 is 0 Å². The number of aliphatic hydroxyl groups is 1. The van der Waals surface area contributed by atoms with Crippen LogP contribution in [0.4, 0.5) is 0 Å². The molecule has 0 radical (unpaired) electrons. The van der Waals surface area contributed by atoms with Crippen LogP contribution >= 0.6 is 0 Å². The van der Waals surface area contributed by atoms with E-state index in [0.717, 1.165) is 19.4 Å². The maximum Gasteiger partial charge on any atom is 0.0582 e. The summed E-state index contributed by atoms with van der Waals surface area (Å²) in [6, 6.07) is 0.556. The first-order valence-electron chi connectivity index (χ1n) is 4.64. The van der Waals surface area contributed by atoms with Crippen molar-refractivity contribution in [3.05, 3.63) is 0 Å². The number of hydrogen-bond donors (Lipinski definition) is 2. The number of hydrogen-bond acceptors (Lipinski definition) is 3. The summed E-state index contributed by atoms with van der Waals surface area (Å²) in [6.45, 7) is 5.51. The quantitative estimate of drug-likeness (QED) is 0.614. The van der Waals surface area contributed by atoms with Crippen LogP contribution in [-0.2, 0) is 0 Å². The van der Waals surface area contributed by atoms with Crippen LogP contribution in [0.2, 0.25) is 0 Å². The SMILES string of the molecule is CC(C)N(C)CCCC(N)CO. The van der Waals surface area contributed by atoms with E-state index in [1.807, 2.05) is 0 Å². The Balaban J connectivity index is 3.30. The Bertz CT molecular complexity index is 107. The minimum atomic E-state index is -0.0365. The van der Waals surface area contributed by atoms with Crippen molar-refractivity contribution < 1.29 is 5.11 Å². The molecule has 3 N–H and O–H groups in total. The maximum atomic E-state index is 8.67. The van der Waals surface area contributed by atoms with E-state index in [9.17, 15) is 0 Å². The van der Waals surface area contributed by atoms with Gasteiger partial charge in [-0.05, 0) is 40.3 Å². The van der Waals surface area contributed by atoms with Crippen molar-refractivity contribution in [3.8, 4) is 0 Å². The summed E-state index contributed by atoms with van der Waals surface area (Å²) in [6.07, 6.45) is 1.98. The molecule has 0 spiro atoms. The van der Waals surface area contributed by atoms with Crippen molar-refractivity contribution in [2.45, 2.75) is 38.8 Å². The van der Waals surface area contributed by atoms with Gasteiger partial charge >= 0.3 is 0 Å². The molecule has 0 amide bonds. The third kappa shape index (κ3) is 5.52. The van der Waals surface area contributed by atoms with Crippen LogP contribution in [0.5, 0.6) is 0 Å². The van der Waals surface area contributed by atoms with Crippen molar-refractivity contribution in [1.82, 2.24) is 4.90 Å². The zero-order valence-corrected chi connectivity index (χ0v) is 8.45. The summed E-state index contributed by atoms with van der Waals surface area (Å²) >= 11 is 0. The summed E-state index contributed by atoms with van der Waals surface area (Å²) in [5, 5.41) is 8.67. The fourth-order valence-corrected chi connectivity index (χ4v) is 0.952. The Morgan fingerprint density at radius 3 is 2.42 bits per heavy atom. The van der Waals surface area contributed by atoms with Gasteiger partial charge in [0, 0.05) is 12.1 Å². The molecule has 74 valence electrons. The molecular weight excluding hydrogens is 152 g/mol. The molecule has 1 atom stereocenters. The Morgan fingerprint density at radius 2 is 2.00 bits per heavy atom. The molecule has 0 aliphatic rings. The van der Waals surface area contributed by atoms with E-state index in [-0.39, 0.29) is 12.6 Å². The highest BCUT2D eigenvalue weighted by molar-refractivity contribution is 4.62. The smallest absolute Gasteiger partial charge is 0.0582 e. The second-order valence-corrected chi connectivity index (χ2v) is 3.66. The van der Waals surface area contributed by atoms with E-state index in [4.69, 9.17) is 10.8 Å². The zero-order chi connectivity index (χ0) is 9.56. The third-order valence-corrected chi connectivity index (χ3v) is 2.20. The molecular formula is C9H22N2O. The Hall–Kier alpha value is -0.120. The summed E-state index contributed by atoms with van der Waals surface area (Å²) < 4.78 is 0. The lowest BCUT2D eigenvalue weighted by Crippen LogP contribution is -2.30. The Labute approximate surface area is 75.6 Å². The average Bonchev–Trinajstić information content (AvgIpc) is 2.03. The third-order valence-electron chi connectivity index (χ3n) is 2.20. The standard InChI is InChI=1S/C9H22N2O/c1-8(2)11(3)6-4-5-9(10)7-12/h8-9,12H,4-7,10H2,1-3H3. The van der Waals surface area contributed by atoms with Crippen molar-refractivity contribution >= 4 is 0 Å². The minimum absolute atomic E-state index is 0.0365. The highest BCUT2D eigenvalue weighted by atomic mass is 16.3. The second kappa shape index (κ2) is 6.40. The molecule has 0 saturated carbocycles. The monoisotopic (exact) mass is 174 g/mol. The molecule has 0 bridgehead atoms. The molecule has 1 unspecified atom stereocenters. The van der Waals surface area contributed by atoms with Gasteiger partial charge in [0.05, 0.1) is 6.61 Å². The van der Waals surface area contributed by atoms with Gasteiger partial charge in [-0.2, -0.15) is 0 Å². The van der Waals surface area contributed by atoms with Gasteiger partial charge in [0.1, 0.15) is 0 Å². The van der Waals surface area contributed by atoms with Gasteiger partial charge in [0.25, 0.3) is 0 Å². The highest BCUT2D eigenvalue weighted by Crippen LogP contribution is 1.99. The molecule has 0 aliphatic carbocycles. The van der Waals surface area contributed by atoms with Gasteiger partial charge in [-0.3, -0.25) is 0 Å². The molecule has 0 fully saturated rings. The molecule has 3 nitrogen and oxygen atoms in total. The molecule has 0 aliphatic heterocycles. The van der Waals surface area contributed by atoms with E-state index >= 15 is 0 Å². The number of nitrogens with two attached hydrogens (primary N) is 1. The fourth-order valence-electron chi connectivity index (χ4n) is 0.952. The van der Waals surface area contributed by atoms with Crippen LogP contribution in [0, 0.1) is 0 Å². The first kappa shape index (κ1) is 11.9. The summed E-state index contributed by atoms with van der Waals surface area (Å²) in [5.41, 5.74) is 5.57. The van der Waals surface area contributed by atoms with Gasteiger partial charge in [0.15, 0.2) is 0 Å². The zero-order valence-electron chi connectivity index (χ0n) is 8.45. The highest BCUT2D eigenvalue weighted by Gasteiger charge is 2.04. The Kier molecular flexibility index (Phi) is 6.34. The first-order chi connectivity index (χ1) is 5.57. The molecule has 0 saturated heterocycles. The van der Waals surface area contributed by atoms with E-state index in [1.165, 1.54) is 0 Å². The lowest BCUT2D eigenvalue weighted by Gasteiger charge is -2.21. The maximum absolute atomic E-state index is 8.67. The predicted molar refractivity (Wildman–Crippen MR) is 52.1 cm³/mol. The fraction of sp³-hybridized carbons (Fsp3) is 1.00. The largest absolute Gasteiger partial charge is 0.395 e. The van der Waals surface area contributed by atoms with Gasteiger partial charge in [-0.25, -0.2) is 0 Å². The molecule has 3 heteroatoms. The second-order valence-electron chi connectivity index (χ2n) is 3.66. The van der Waals surface area contributed by atoms with Crippen molar-refractivity contribution in [1.29, 1.82) is 0 Å². The molecule has 0 rings (SSSR count). The van der Waals surface area contributed by atoms with Crippen molar-refractivity contribution in [2.24, 2.45) is 5.73 Å². The van der Waals surface area contributed by atoms with Crippen LogP contribution < -0.4 is 5.73 Å². The Morgan fingerprint density at radius 1 is 1.42 bits per heavy atom. The molecule has 0 aromatic carbocycles. The van der Waals surface area contributed by atoms with Gasteiger partial charge in [-0.1, -0.05) is 0 Å². The van der Waals surface area contributed by atoms with Gasteiger partial charge in [0.2, 0.25) is 0 Å². The molecule has 0 heterocycles. The summed E-state index contributed by atoms with van der Waals surface area (Å²) in [7, 11) is 2.11. The van der Waals surface area contributed by atoms with Crippen LogP contribution in [0.25, 0.3) is 0 Å². The van der Waals surface area contributed by atoms with E-state index in [1.54, 1.807) is 0 Å². The first-order valence-corrected chi connectivity index (χ1v) is 4.64. The summed E-state index contributed by atoms with van der Waals surface area (Å²) in [4.78, 5) is 2.28. The van der Waals surface area contributed by atoms with Crippen molar-refractivity contribution in [3.63, 3.8) is 0 Å². The van der Waals surface area contributed by atoms with E-state index in [2.05, 4.69) is 25.8 Å². The molecule has 0 aromatic heterocycles. The lowest BCUT2D eigenvalue weighted by atomic mass is 10.1. The van der Waals surface area contributed by atoms with E-state index in [0.29, 0.717) is 6.04 Å². The predicted octanol–water partition coefficient (Wildman–Crippen LogP) is 0.426. The van der Waals surface area contributed by atoms with Crippen LogP contribution in [0.15, 0.2) is 0 Å².